The predicted octanol–water partition coefficient (Wildman–Crippen LogP) is 1.91. The molecule has 114 valence electrons. The van der Waals surface area contributed by atoms with Gasteiger partial charge in [-0.1, -0.05) is 19.4 Å². The summed E-state index contributed by atoms with van der Waals surface area (Å²) in [6.45, 7) is 2.24. The van der Waals surface area contributed by atoms with Crippen molar-refractivity contribution >= 4 is 16.9 Å². The molecule has 2 aromatic rings. The normalized spacial score (nSPS) is 12.5. The molecule has 5 nitrogen and oxygen atoms in total. The summed E-state index contributed by atoms with van der Waals surface area (Å²) in [5.41, 5.74) is 0.926. The number of aromatic amines is 1. The van der Waals surface area contributed by atoms with Crippen molar-refractivity contribution in [1.82, 2.24) is 15.3 Å². The van der Waals surface area contributed by atoms with E-state index in [1.165, 1.54) is 6.07 Å². The smallest absolute Gasteiger partial charge is 0.220 e. The number of hydrogen-bond donors (Lipinski definition) is 3. The Labute approximate surface area is 122 Å². The van der Waals surface area contributed by atoms with Gasteiger partial charge in [0.05, 0.1) is 11.6 Å². The van der Waals surface area contributed by atoms with Crippen LogP contribution in [0.25, 0.3) is 11.0 Å². The lowest BCUT2D eigenvalue weighted by molar-refractivity contribution is -0.121. The van der Waals surface area contributed by atoms with Gasteiger partial charge in [0, 0.05) is 19.4 Å². The van der Waals surface area contributed by atoms with Crippen molar-refractivity contribution in [3.05, 3.63) is 29.8 Å². The van der Waals surface area contributed by atoms with Crippen LogP contribution in [0.5, 0.6) is 0 Å². The fourth-order valence-electron chi connectivity index (χ4n) is 2.15. The number of benzene rings is 1. The van der Waals surface area contributed by atoms with Crippen LogP contribution in [0.3, 0.4) is 0 Å². The van der Waals surface area contributed by atoms with Gasteiger partial charge in [0.1, 0.15) is 11.3 Å². The number of nitrogens with zero attached hydrogens (tertiary/aromatic N) is 1. The number of carbonyl (C=O) groups is 1. The fourth-order valence-corrected chi connectivity index (χ4v) is 2.15. The van der Waals surface area contributed by atoms with Crippen LogP contribution in [0.2, 0.25) is 0 Å². The first-order chi connectivity index (χ1) is 10.1. The number of para-hydroxylation sites is 1. The fraction of sp³-hybridized carbons (Fsp3) is 0.467. The van der Waals surface area contributed by atoms with E-state index in [0.717, 1.165) is 6.42 Å². The molecule has 0 aliphatic heterocycles. The van der Waals surface area contributed by atoms with Crippen molar-refractivity contribution in [2.75, 3.05) is 6.54 Å². The molecule has 2 rings (SSSR count). The Morgan fingerprint density at radius 1 is 1.52 bits per heavy atom. The number of nitrogens with one attached hydrogen (secondary N) is 2. The van der Waals surface area contributed by atoms with E-state index < -0.39 is 6.10 Å². The van der Waals surface area contributed by atoms with E-state index in [1.807, 2.05) is 6.92 Å². The summed E-state index contributed by atoms with van der Waals surface area (Å²) < 4.78 is 13.5. The molecule has 1 aromatic carbocycles. The Morgan fingerprint density at radius 3 is 3.05 bits per heavy atom. The Balaban J connectivity index is 1.84. The van der Waals surface area contributed by atoms with Gasteiger partial charge in [-0.25, -0.2) is 9.37 Å². The number of aryl methyl sites for hydroxylation is 1. The second-order valence-corrected chi connectivity index (χ2v) is 5.07. The molecule has 0 aliphatic carbocycles. The van der Waals surface area contributed by atoms with Gasteiger partial charge in [-0.2, -0.15) is 0 Å². The molecule has 1 heterocycles. The summed E-state index contributed by atoms with van der Waals surface area (Å²) in [6.07, 6.45) is 1.70. The van der Waals surface area contributed by atoms with Crippen LogP contribution in [-0.4, -0.2) is 33.6 Å². The van der Waals surface area contributed by atoms with Crippen LogP contribution in [0.1, 0.15) is 32.0 Å². The summed E-state index contributed by atoms with van der Waals surface area (Å²) in [5.74, 6) is 0.0626. The topological polar surface area (TPSA) is 78.0 Å². The molecule has 1 amide bonds. The van der Waals surface area contributed by atoms with Crippen molar-refractivity contribution in [3.63, 3.8) is 0 Å². The maximum atomic E-state index is 13.5. The monoisotopic (exact) mass is 293 g/mol. The van der Waals surface area contributed by atoms with Crippen LogP contribution in [-0.2, 0) is 11.2 Å². The van der Waals surface area contributed by atoms with Crippen molar-refractivity contribution in [1.29, 1.82) is 0 Å². The number of aliphatic hydroxyl groups is 1. The minimum absolute atomic E-state index is 0.147. The van der Waals surface area contributed by atoms with Crippen LogP contribution in [0.4, 0.5) is 4.39 Å². The highest BCUT2D eigenvalue weighted by Crippen LogP contribution is 2.15. The number of imidazole rings is 1. The molecule has 21 heavy (non-hydrogen) atoms. The van der Waals surface area contributed by atoms with E-state index in [1.54, 1.807) is 12.1 Å². The molecule has 0 radical (unpaired) electrons. The maximum absolute atomic E-state index is 13.5. The van der Waals surface area contributed by atoms with Crippen LogP contribution in [0, 0.1) is 5.82 Å². The quantitative estimate of drug-likeness (QED) is 0.729. The minimum Gasteiger partial charge on any atom is -0.391 e. The minimum atomic E-state index is -0.501. The van der Waals surface area contributed by atoms with Crippen LogP contribution >= 0.6 is 0 Å². The number of aliphatic hydroxyl groups excluding tert-OH is 1. The molecular weight excluding hydrogens is 273 g/mol. The van der Waals surface area contributed by atoms with Gasteiger partial charge in [-0.3, -0.25) is 4.79 Å². The third-order valence-electron chi connectivity index (χ3n) is 3.26. The lowest BCUT2D eigenvalue weighted by Gasteiger charge is -2.10. The SMILES string of the molecule is CCCC(O)CNC(=O)CCc1nc2c(F)cccc2[nH]1. The number of aromatic nitrogens is 2. The maximum Gasteiger partial charge on any atom is 0.220 e. The van der Waals surface area contributed by atoms with Crippen LogP contribution in [0.15, 0.2) is 18.2 Å². The van der Waals surface area contributed by atoms with E-state index in [2.05, 4.69) is 15.3 Å². The summed E-state index contributed by atoms with van der Waals surface area (Å²) in [6, 6.07) is 4.71. The van der Waals surface area contributed by atoms with Crippen molar-refractivity contribution in [2.24, 2.45) is 0 Å². The van der Waals surface area contributed by atoms with Crippen molar-refractivity contribution < 1.29 is 14.3 Å². The summed E-state index contributed by atoms with van der Waals surface area (Å²) in [4.78, 5) is 18.8. The molecule has 0 bridgehead atoms. The lowest BCUT2D eigenvalue weighted by atomic mass is 10.2. The number of fused-ring (bicyclic) bond motifs is 1. The lowest BCUT2D eigenvalue weighted by Crippen LogP contribution is -2.32. The zero-order valence-corrected chi connectivity index (χ0v) is 12.0. The molecule has 1 unspecified atom stereocenters. The van der Waals surface area contributed by atoms with E-state index in [-0.39, 0.29) is 24.7 Å². The molecule has 6 heteroatoms. The summed E-state index contributed by atoms with van der Waals surface area (Å²) in [7, 11) is 0. The van der Waals surface area contributed by atoms with E-state index in [9.17, 15) is 14.3 Å². The largest absolute Gasteiger partial charge is 0.391 e. The molecule has 3 N–H and O–H groups in total. The Hall–Kier alpha value is -1.95. The third-order valence-corrected chi connectivity index (χ3v) is 3.26. The second-order valence-electron chi connectivity index (χ2n) is 5.07. The van der Waals surface area contributed by atoms with Gasteiger partial charge in [-0.15, -0.1) is 0 Å². The van der Waals surface area contributed by atoms with E-state index in [0.29, 0.717) is 29.7 Å². The summed E-state index contributed by atoms with van der Waals surface area (Å²) >= 11 is 0. The zero-order valence-electron chi connectivity index (χ0n) is 12.0. The van der Waals surface area contributed by atoms with Crippen molar-refractivity contribution in [2.45, 2.75) is 38.7 Å². The number of amides is 1. The molecule has 0 spiro atoms. The predicted molar refractivity (Wildman–Crippen MR) is 78.3 cm³/mol. The zero-order chi connectivity index (χ0) is 15.2. The highest BCUT2D eigenvalue weighted by molar-refractivity contribution is 5.77. The second kappa shape index (κ2) is 7.17. The summed E-state index contributed by atoms with van der Waals surface area (Å²) in [5, 5.41) is 12.2. The Morgan fingerprint density at radius 2 is 2.33 bits per heavy atom. The molecule has 0 saturated heterocycles. The molecule has 1 atom stereocenters. The number of hydrogen-bond acceptors (Lipinski definition) is 3. The number of H-pyrrole nitrogens is 1. The van der Waals surface area contributed by atoms with Gasteiger partial charge < -0.3 is 15.4 Å². The van der Waals surface area contributed by atoms with Gasteiger partial charge in [-0.05, 0) is 18.6 Å². The van der Waals surface area contributed by atoms with Gasteiger partial charge >= 0.3 is 0 Å². The average molecular weight is 293 g/mol. The molecule has 0 saturated carbocycles. The van der Waals surface area contributed by atoms with Gasteiger partial charge in [0.2, 0.25) is 5.91 Å². The Kier molecular flexibility index (Phi) is 5.27. The molecule has 1 aromatic heterocycles. The molecule has 0 aliphatic rings. The third kappa shape index (κ3) is 4.26. The van der Waals surface area contributed by atoms with E-state index in [4.69, 9.17) is 0 Å². The molecule has 0 fully saturated rings. The van der Waals surface area contributed by atoms with E-state index >= 15 is 0 Å². The first-order valence-corrected chi connectivity index (χ1v) is 7.18. The standard InChI is InChI=1S/C15H20FN3O2/c1-2-4-10(20)9-17-14(21)8-7-13-18-12-6-3-5-11(16)15(12)19-13/h3,5-6,10,20H,2,4,7-9H2,1H3,(H,17,21)(H,18,19). The first kappa shape index (κ1) is 15.4. The van der Waals surface area contributed by atoms with Gasteiger partial charge in [0.15, 0.2) is 5.82 Å². The van der Waals surface area contributed by atoms with Crippen LogP contribution < -0.4 is 5.32 Å². The number of halogens is 1. The van der Waals surface area contributed by atoms with Crippen molar-refractivity contribution in [3.8, 4) is 0 Å². The number of carbonyl (C=O) groups excluding carboxylic acids is 1. The highest BCUT2D eigenvalue weighted by atomic mass is 19.1. The first-order valence-electron chi connectivity index (χ1n) is 7.18. The highest BCUT2D eigenvalue weighted by Gasteiger charge is 2.10. The molecular formula is C15H20FN3O2. The average Bonchev–Trinajstić information content (AvgIpc) is 2.88. The Bertz CT molecular complexity index is 612. The number of rotatable bonds is 7. The van der Waals surface area contributed by atoms with Gasteiger partial charge in [0.25, 0.3) is 0 Å².